The van der Waals surface area contributed by atoms with Gasteiger partial charge in [-0.05, 0) is 61.9 Å². The van der Waals surface area contributed by atoms with E-state index in [-0.39, 0.29) is 18.1 Å². The number of hydrogen-bond donors (Lipinski definition) is 0. The van der Waals surface area contributed by atoms with Crippen LogP contribution in [0.1, 0.15) is 63.0 Å². The average Bonchev–Trinajstić information content (AvgIpc) is 3.45. The summed E-state index contributed by atoms with van der Waals surface area (Å²) < 4.78 is 17.0. The number of rotatable bonds is 7. The molecular weight excluding hydrogens is 414 g/mol. The van der Waals surface area contributed by atoms with Crippen molar-refractivity contribution in [2.24, 2.45) is 0 Å². The molecule has 1 aliphatic rings. The Kier molecular flexibility index (Phi) is 6.62. The Labute approximate surface area is 186 Å². The minimum Gasteiger partial charge on any atom is -0.365 e. The fourth-order valence-electron chi connectivity index (χ4n) is 3.66. The molecule has 0 spiro atoms. The van der Waals surface area contributed by atoms with E-state index >= 15 is 0 Å². The van der Waals surface area contributed by atoms with Crippen molar-refractivity contribution in [1.82, 2.24) is 20.3 Å². The van der Waals surface area contributed by atoms with E-state index in [1.165, 1.54) is 10.5 Å². The number of aryl methyl sites for hydroxylation is 1. The van der Waals surface area contributed by atoms with Crippen LogP contribution in [0.3, 0.4) is 0 Å². The molecule has 8 nitrogen and oxygen atoms in total. The van der Waals surface area contributed by atoms with E-state index in [1.807, 2.05) is 26.8 Å². The topological polar surface area (TPSA) is 90.3 Å². The lowest BCUT2D eigenvalue weighted by atomic mass is 10.1. The van der Waals surface area contributed by atoms with Crippen LogP contribution >= 0.6 is 11.8 Å². The van der Waals surface area contributed by atoms with Gasteiger partial charge in [0.25, 0.3) is 11.8 Å². The molecule has 9 heteroatoms. The van der Waals surface area contributed by atoms with Crippen molar-refractivity contribution in [2.45, 2.75) is 63.6 Å². The van der Waals surface area contributed by atoms with Crippen molar-refractivity contribution >= 4 is 17.7 Å². The second kappa shape index (κ2) is 9.40. The van der Waals surface area contributed by atoms with Crippen LogP contribution in [0.2, 0.25) is 0 Å². The number of thioether (sulfide) groups is 1. The number of benzene rings is 1. The van der Waals surface area contributed by atoms with E-state index < -0.39 is 0 Å². The Morgan fingerprint density at radius 2 is 1.81 bits per heavy atom. The van der Waals surface area contributed by atoms with Crippen molar-refractivity contribution in [2.75, 3.05) is 24.2 Å². The predicted molar refractivity (Wildman–Crippen MR) is 119 cm³/mol. The zero-order valence-corrected chi connectivity index (χ0v) is 19.5. The summed E-state index contributed by atoms with van der Waals surface area (Å²) >= 11 is 1.73. The first-order chi connectivity index (χ1) is 14.9. The van der Waals surface area contributed by atoms with Gasteiger partial charge in [0.05, 0.1) is 6.10 Å². The third-order valence-electron chi connectivity index (χ3n) is 5.49. The highest BCUT2D eigenvalue weighted by Crippen LogP contribution is 2.28. The van der Waals surface area contributed by atoms with E-state index in [9.17, 15) is 0 Å². The summed E-state index contributed by atoms with van der Waals surface area (Å²) in [4.78, 5) is 12.5. The molecule has 2 aromatic heterocycles. The normalized spacial score (nSPS) is 16.3. The molecule has 1 fully saturated rings. The van der Waals surface area contributed by atoms with Gasteiger partial charge in [-0.15, -0.1) is 11.8 Å². The van der Waals surface area contributed by atoms with Crippen molar-refractivity contribution in [1.29, 1.82) is 0 Å². The highest BCUT2D eigenvalue weighted by atomic mass is 32.2. The van der Waals surface area contributed by atoms with Crippen molar-refractivity contribution in [3.8, 4) is 11.4 Å². The molecule has 3 heterocycles. The minimum atomic E-state index is -0.262. The smallest absolute Gasteiger partial charge is 0.266 e. The lowest BCUT2D eigenvalue weighted by Gasteiger charge is -2.31. The zero-order valence-electron chi connectivity index (χ0n) is 18.7. The van der Waals surface area contributed by atoms with Gasteiger partial charge >= 0.3 is 0 Å². The molecule has 0 N–H and O–H groups in total. The SMILES string of the molecule is CSc1ccc(-c2noc([C@@H](C)OC3CCN(c4noc(C(C)C)n4)CC3)n2)cc1C. The van der Waals surface area contributed by atoms with Gasteiger partial charge in [-0.1, -0.05) is 19.0 Å². The third kappa shape index (κ3) is 4.93. The predicted octanol–water partition coefficient (Wildman–Crippen LogP) is 5.02. The summed E-state index contributed by atoms with van der Waals surface area (Å²) in [5.41, 5.74) is 2.15. The summed E-state index contributed by atoms with van der Waals surface area (Å²) in [6.07, 6.45) is 3.70. The monoisotopic (exact) mass is 443 g/mol. The van der Waals surface area contributed by atoms with Gasteiger partial charge in [0.2, 0.25) is 11.7 Å². The molecule has 166 valence electrons. The van der Waals surface area contributed by atoms with Gasteiger partial charge in [-0.3, -0.25) is 0 Å². The number of ether oxygens (including phenoxy) is 1. The average molecular weight is 444 g/mol. The summed E-state index contributed by atoms with van der Waals surface area (Å²) in [7, 11) is 0. The first kappa shape index (κ1) is 21.8. The van der Waals surface area contributed by atoms with Gasteiger partial charge in [0.1, 0.15) is 6.10 Å². The van der Waals surface area contributed by atoms with Crippen molar-refractivity contribution in [3.05, 3.63) is 35.5 Å². The molecule has 1 saturated heterocycles. The second-order valence-corrected chi connectivity index (χ2v) is 9.04. The Morgan fingerprint density at radius 1 is 1.06 bits per heavy atom. The van der Waals surface area contributed by atoms with Crippen LogP contribution in [0.15, 0.2) is 32.1 Å². The largest absolute Gasteiger partial charge is 0.365 e. The molecule has 1 aliphatic heterocycles. The molecule has 0 bridgehead atoms. The summed E-state index contributed by atoms with van der Waals surface area (Å²) in [5, 5.41) is 8.26. The van der Waals surface area contributed by atoms with Gasteiger partial charge in [0, 0.05) is 29.5 Å². The lowest BCUT2D eigenvalue weighted by Crippen LogP contribution is -2.38. The molecule has 0 amide bonds. The van der Waals surface area contributed by atoms with E-state index in [1.54, 1.807) is 11.8 Å². The zero-order chi connectivity index (χ0) is 22.0. The van der Waals surface area contributed by atoms with Crippen LogP contribution in [0.5, 0.6) is 0 Å². The maximum atomic E-state index is 6.22. The molecule has 3 aromatic rings. The quantitative estimate of drug-likeness (QED) is 0.467. The van der Waals surface area contributed by atoms with Crippen molar-refractivity contribution in [3.63, 3.8) is 0 Å². The molecule has 0 saturated carbocycles. The number of hydrogen-bond acceptors (Lipinski definition) is 9. The minimum absolute atomic E-state index is 0.126. The summed E-state index contributed by atoms with van der Waals surface area (Å²) in [5.74, 6) is 2.67. The standard InChI is InChI=1S/C22H29N5O3S/c1-13(2)20-24-22(26-29-20)27-10-8-17(9-11-27)28-15(4)21-23-19(25-30-21)16-6-7-18(31-5)14(3)12-16/h6-7,12-13,15,17H,8-11H2,1-5H3/t15-/m1/s1. The number of piperidine rings is 1. The number of anilines is 1. The molecule has 1 aromatic carbocycles. The molecule has 0 unspecified atom stereocenters. The maximum Gasteiger partial charge on any atom is 0.266 e. The first-order valence-corrected chi connectivity index (χ1v) is 11.9. The third-order valence-corrected chi connectivity index (χ3v) is 6.39. The van der Waals surface area contributed by atoms with Crippen LogP contribution in [0.25, 0.3) is 11.4 Å². The molecule has 0 radical (unpaired) electrons. The Morgan fingerprint density at radius 3 is 2.45 bits per heavy atom. The Hall–Kier alpha value is -2.39. The Bertz CT molecular complexity index is 1010. The van der Waals surface area contributed by atoms with E-state index in [2.05, 4.69) is 50.5 Å². The van der Waals surface area contributed by atoms with E-state index in [4.69, 9.17) is 13.8 Å². The number of aromatic nitrogens is 4. The molecule has 1 atom stereocenters. The first-order valence-electron chi connectivity index (χ1n) is 10.7. The Balaban J connectivity index is 1.33. The molecule has 31 heavy (non-hydrogen) atoms. The van der Waals surface area contributed by atoms with Gasteiger partial charge in [-0.2, -0.15) is 9.97 Å². The fraction of sp³-hybridized carbons (Fsp3) is 0.545. The molecule has 4 rings (SSSR count). The van der Waals surface area contributed by atoms with Crippen LogP contribution in [0.4, 0.5) is 5.95 Å². The van der Waals surface area contributed by atoms with Crippen LogP contribution in [-0.2, 0) is 4.74 Å². The van der Waals surface area contributed by atoms with Crippen LogP contribution in [-0.4, -0.2) is 45.7 Å². The van der Waals surface area contributed by atoms with E-state index in [0.29, 0.717) is 23.6 Å². The highest BCUT2D eigenvalue weighted by Gasteiger charge is 2.27. The maximum absolute atomic E-state index is 6.22. The molecule has 0 aliphatic carbocycles. The lowest BCUT2D eigenvalue weighted by molar-refractivity contribution is -0.0300. The van der Waals surface area contributed by atoms with Gasteiger partial charge in [-0.25, -0.2) is 0 Å². The second-order valence-electron chi connectivity index (χ2n) is 8.19. The summed E-state index contributed by atoms with van der Waals surface area (Å²) in [6, 6.07) is 6.20. The fourth-order valence-corrected chi connectivity index (χ4v) is 4.25. The molecular formula is C22H29N5O3S. The highest BCUT2D eigenvalue weighted by molar-refractivity contribution is 7.98. The number of nitrogens with zero attached hydrogens (tertiary/aromatic N) is 5. The van der Waals surface area contributed by atoms with Crippen molar-refractivity contribution < 1.29 is 13.8 Å². The van der Waals surface area contributed by atoms with Gasteiger partial charge in [0.15, 0.2) is 0 Å². The van der Waals surface area contributed by atoms with Crippen LogP contribution in [0, 0.1) is 6.92 Å². The summed E-state index contributed by atoms with van der Waals surface area (Å²) in [6.45, 7) is 9.78. The van der Waals surface area contributed by atoms with Gasteiger partial charge < -0.3 is 18.7 Å². The van der Waals surface area contributed by atoms with Crippen LogP contribution < -0.4 is 4.90 Å². The van der Waals surface area contributed by atoms with E-state index in [0.717, 1.165) is 31.5 Å².